The lowest BCUT2D eigenvalue weighted by atomic mass is 9.61. The van der Waals surface area contributed by atoms with E-state index < -0.39 is 6.10 Å². The normalized spacial score (nSPS) is 18.0. The van der Waals surface area contributed by atoms with Gasteiger partial charge in [-0.1, -0.05) is 18.5 Å². The molecule has 9 nitrogen and oxygen atoms in total. The largest absolute Gasteiger partial charge is 0.512 e. The van der Waals surface area contributed by atoms with Crippen molar-refractivity contribution in [2.45, 2.75) is 52.2 Å². The van der Waals surface area contributed by atoms with E-state index >= 15 is 0 Å². The molecule has 1 aliphatic carbocycles. The molecule has 4 rings (SSSR count). The predicted molar refractivity (Wildman–Crippen MR) is 151 cm³/mol. The first-order valence-corrected chi connectivity index (χ1v) is 13.4. The Morgan fingerprint density at radius 3 is 2.63 bits per heavy atom. The SMILES string of the molecule is CC/C(O)=C(/C(C)=N)c1nc(-c2cc(OC[C@H](O)CNC)ccc2Cl)nc(N2CC3(CC(OC)C3)C2)c1C. The fourth-order valence-electron chi connectivity index (χ4n) is 5.38. The topological polar surface area (TPSA) is 124 Å². The molecular formula is C28H38ClN5O4. The Kier molecular flexibility index (Phi) is 8.62. The van der Waals surface area contributed by atoms with Gasteiger partial charge in [-0.25, -0.2) is 9.97 Å². The summed E-state index contributed by atoms with van der Waals surface area (Å²) in [5, 5.41) is 32.6. The highest BCUT2D eigenvalue weighted by Gasteiger charge is 2.53. The molecule has 2 aromatic rings. The number of aliphatic hydroxyl groups excluding tert-OH is 2. The maximum Gasteiger partial charge on any atom is 0.163 e. The summed E-state index contributed by atoms with van der Waals surface area (Å²) < 4.78 is 11.3. The number of hydrogen-bond acceptors (Lipinski definition) is 9. The Morgan fingerprint density at radius 1 is 1.32 bits per heavy atom. The first kappa shape index (κ1) is 28.3. The number of halogens is 1. The average molecular weight is 544 g/mol. The van der Waals surface area contributed by atoms with Crippen LogP contribution in [-0.2, 0) is 4.74 Å². The summed E-state index contributed by atoms with van der Waals surface area (Å²) in [6.45, 7) is 7.70. The number of aromatic nitrogens is 2. The lowest BCUT2D eigenvalue weighted by Crippen LogP contribution is -2.64. The highest BCUT2D eigenvalue weighted by Crippen LogP contribution is 2.51. The summed E-state index contributed by atoms with van der Waals surface area (Å²) in [4.78, 5) is 12.0. The monoisotopic (exact) mass is 543 g/mol. The van der Waals surface area contributed by atoms with Gasteiger partial charge < -0.3 is 35.3 Å². The van der Waals surface area contributed by atoms with E-state index in [-0.39, 0.29) is 23.5 Å². The molecule has 0 bridgehead atoms. The van der Waals surface area contributed by atoms with E-state index in [4.69, 9.17) is 36.5 Å². The molecular weight excluding hydrogens is 506 g/mol. The summed E-state index contributed by atoms with van der Waals surface area (Å²) in [7, 11) is 3.53. The third-order valence-electron chi connectivity index (χ3n) is 7.42. The van der Waals surface area contributed by atoms with Gasteiger partial charge in [-0.15, -0.1) is 0 Å². The number of rotatable bonds is 11. The van der Waals surface area contributed by atoms with Crippen LogP contribution in [0.3, 0.4) is 0 Å². The molecule has 1 saturated carbocycles. The van der Waals surface area contributed by atoms with Crippen LogP contribution in [-0.4, -0.2) is 78.5 Å². The van der Waals surface area contributed by atoms with E-state index in [2.05, 4.69) is 10.2 Å². The number of anilines is 1. The number of ether oxygens (including phenoxy) is 2. The minimum atomic E-state index is -0.656. The lowest BCUT2D eigenvalue weighted by Gasteiger charge is -2.59. The fourth-order valence-corrected chi connectivity index (χ4v) is 5.58. The molecule has 1 aromatic carbocycles. The van der Waals surface area contributed by atoms with Gasteiger partial charge in [0, 0.05) is 55.4 Å². The number of benzene rings is 1. The van der Waals surface area contributed by atoms with E-state index in [9.17, 15) is 10.2 Å². The van der Waals surface area contributed by atoms with Crippen molar-refractivity contribution in [3.8, 4) is 17.1 Å². The lowest BCUT2D eigenvalue weighted by molar-refractivity contribution is -0.0733. The molecule has 0 radical (unpaired) electrons. The van der Waals surface area contributed by atoms with Gasteiger partial charge in [0.25, 0.3) is 0 Å². The van der Waals surface area contributed by atoms with Crippen LogP contribution >= 0.6 is 11.6 Å². The van der Waals surface area contributed by atoms with Gasteiger partial charge in [-0.2, -0.15) is 0 Å². The van der Waals surface area contributed by atoms with Gasteiger partial charge in [0.05, 0.1) is 22.4 Å². The summed E-state index contributed by atoms with van der Waals surface area (Å²) in [5.74, 6) is 1.80. The zero-order valence-electron chi connectivity index (χ0n) is 22.8. The standard InChI is InChI=1S/C28H38ClN5O4/c1-6-23(36)24(17(3)30)25-16(2)27(34-14-28(15-34)10-20(11-28)37-5)33-26(32-25)21-9-19(7-8-22(21)29)38-13-18(35)12-31-4/h7-9,18,20,30-31,35-36H,6,10-15H2,1-5H3/b24-23+,30-17?/t18-/m1/s1. The van der Waals surface area contributed by atoms with Crippen molar-refractivity contribution >= 4 is 28.7 Å². The second-order valence-electron chi connectivity index (χ2n) is 10.4. The average Bonchev–Trinajstić information content (AvgIpc) is 2.83. The minimum absolute atomic E-state index is 0.111. The number of nitrogens with zero attached hydrogens (tertiary/aromatic N) is 3. The van der Waals surface area contributed by atoms with Crippen molar-refractivity contribution in [2.75, 3.05) is 45.3 Å². The maximum absolute atomic E-state index is 10.8. The van der Waals surface area contributed by atoms with Gasteiger partial charge in [-0.05, 0) is 51.9 Å². The van der Waals surface area contributed by atoms with Crippen molar-refractivity contribution in [2.24, 2.45) is 5.41 Å². The molecule has 1 aliphatic heterocycles. The van der Waals surface area contributed by atoms with Crippen LogP contribution < -0.4 is 15.0 Å². The summed E-state index contributed by atoms with van der Waals surface area (Å²) in [6.07, 6.45) is 2.12. The van der Waals surface area contributed by atoms with Crippen molar-refractivity contribution in [3.63, 3.8) is 0 Å². The molecule has 2 fully saturated rings. The molecule has 4 N–H and O–H groups in total. The molecule has 1 atom stereocenters. The summed E-state index contributed by atoms with van der Waals surface area (Å²) in [6, 6.07) is 5.23. The van der Waals surface area contributed by atoms with Crippen molar-refractivity contribution < 1.29 is 19.7 Å². The molecule has 2 aliphatic rings. The Bertz CT molecular complexity index is 1220. The third-order valence-corrected chi connectivity index (χ3v) is 7.75. The molecule has 2 heterocycles. The quantitative estimate of drug-likeness (QED) is 0.243. The van der Waals surface area contributed by atoms with E-state index in [0.717, 1.165) is 37.3 Å². The summed E-state index contributed by atoms with van der Waals surface area (Å²) >= 11 is 6.63. The van der Waals surface area contributed by atoms with Gasteiger partial charge in [0.1, 0.15) is 30.0 Å². The zero-order valence-corrected chi connectivity index (χ0v) is 23.5. The van der Waals surface area contributed by atoms with Crippen molar-refractivity contribution in [1.82, 2.24) is 15.3 Å². The molecule has 0 amide bonds. The molecule has 206 valence electrons. The Morgan fingerprint density at radius 2 is 2.03 bits per heavy atom. The Balaban J connectivity index is 1.75. The molecule has 1 saturated heterocycles. The van der Waals surface area contributed by atoms with E-state index in [0.29, 0.717) is 52.5 Å². The molecule has 10 heteroatoms. The third kappa shape index (κ3) is 5.66. The van der Waals surface area contributed by atoms with E-state index in [1.54, 1.807) is 39.3 Å². The Labute approximate surface area is 229 Å². The highest BCUT2D eigenvalue weighted by molar-refractivity contribution is 6.33. The van der Waals surface area contributed by atoms with Gasteiger partial charge in [-0.3, -0.25) is 0 Å². The Hall–Kier alpha value is -2.72. The minimum Gasteiger partial charge on any atom is -0.512 e. The fraction of sp³-hybridized carbons (Fsp3) is 0.536. The molecule has 1 aromatic heterocycles. The van der Waals surface area contributed by atoms with Crippen LogP contribution in [0.2, 0.25) is 5.02 Å². The van der Waals surface area contributed by atoms with Crippen LogP contribution in [0.25, 0.3) is 17.0 Å². The van der Waals surface area contributed by atoms with E-state index in [1.807, 2.05) is 13.8 Å². The van der Waals surface area contributed by atoms with Gasteiger partial charge >= 0.3 is 0 Å². The van der Waals surface area contributed by atoms with Gasteiger partial charge in [0.15, 0.2) is 5.82 Å². The molecule has 1 spiro atoms. The van der Waals surface area contributed by atoms with Crippen molar-refractivity contribution in [1.29, 1.82) is 5.41 Å². The molecule has 38 heavy (non-hydrogen) atoms. The number of allylic oxidation sites excluding steroid dienone is 2. The first-order valence-electron chi connectivity index (χ1n) is 13.0. The smallest absolute Gasteiger partial charge is 0.163 e. The number of hydrogen-bond donors (Lipinski definition) is 4. The second kappa shape index (κ2) is 11.6. The second-order valence-corrected chi connectivity index (χ2v) is 10.8. The first-order chi connectivity index (χ1) is 18.1. The van der Waals surface area contributed by atoms with E-state index in [1.165, 1.54) is 0 Å². The molecule has 0 unspecified atom stereocenters. The van der Waals surface area contributed by atoms with Crippen LogP contribution in [0, 0.1) is 17.7 Å². The number of methoxy groups -OCH3 is 1. The van der Waals surface area contributed by atoms with Crippen LogP contribution in [0.1, 0.15) is 44.4 Å². The van der Waals surface area contributed by atoms with Crippen LogP contribution in [0.5, 0.6) is 5.75 Å². The van der Waals surface area contributed by atoms with Gasteiger partial charge in [0.2, 0.25) is 0 Å². The highest BCUT2D eigenvalue weighted by atomic mass is 35.5. The predicted octanol–water partition coefficient (Wildman–Crippen LogP) is 4.40. The van der Waals surface area contributed by atoms with Crippen LogP contribution in [0.15, 0.2) is 24.0 Å². The number of likely N-dealkylation sites (N-methyl/N-ethyl adjacent to an activating group) is 1. The number of nitrogens with one attached hydrogen (secondary N) is 2. The van der Waals surface area contributed by atoms with Crippen molar-refractivity contribution in [3.05, 3.63) is 40.2 Å². The summed E-state index contributed by atoms with van der Waals surface area (Å²) in [5.41, 5.74) is 2.80. The maximum atomic E-state index is 10.8. The number of aliphatic hydroxyl groups is 2. The van der Waals surface area contributed by atoms with Crippen LogP contribution in [0.4, 0.5) is 5.82 Å². The zero-order chi connectivity index (χ0) is 27.6.